The maximum atomic E-state index is 12.7. The molecule has 1 N–H and O–H groups in total. The van der Waals surface area contributed by atoms with Crippen LogP contribution in [-0.4, -0.2) is 23.0 Å². The highest BCUT2D eigenvalue weighted by molar-refractivity contribution is 7.89. The molecule has 0 spiro atoms. The Morgan fingerprint density at radius 3 is 2.65 bits per heavy atom. The summed E-state index contributed by atoms with van der Waals surface area (Å²) < 4.78 is 30.1. The van der Waals surface area contributed by atoms with Crippen molar-refractivity contribution in [3.05, 3.63) is 53.5 Å². The van der Waals surface area contributed by atoms with Crippen LogP contribution in [-0.2, 0) is 23.1 Å². The van der Waals surface area contributed by atoms with Crippen LogP contribution in [0.2, 0.25) is 0 Å². The Bertz CT molecular complexity index is 1040. The number of imidazole rings is 1. The van der Waals surface area contributed by atoms with E-state index in [0.29, 0.717) is 16.6 Å². The Hall–Kier alpha value is -2.25. The van der Waals surface area contributed by atoms with Crippen molar-refractivity contribution >= 4 is 21.2 Å². The average molecular weight is 372 g/mol. The van der Waals surface area contributed by atoms with Crippen LogP contribution in [0.5, 0.6) is 0 Å². The van der Waals surface area contributed by atoms with Crippen molar-refractivity contribution in [2.24, 2.45) is 5.92 Å². The van der Waals surface area contributed by atoms with Gasteiger partial charge in [-0.3, -0.25) is 0 Å². The van der Waals surface area contributed by atoms with E-state index in [0.717, 1.165) is 28.8 Å². The molecule has 6 nitrogen and oxygen atoms in total. The average Bonchev–Trinajstić information content (AvgIpc) is 2.90. The van der Waals surface area contributed by atoms with Gasteiger partial charge < -0.3 is 4.57 Å². The zero-order valence-electron chi connectivity index (χ0n) is 15.5. The summed E-state index contributed by atoms with van der Waals surface area (Å²) in [5.74, 6) is 1.06. The summed E-state index contributed by atoms with van der Waals surface area (Å²) in [7, 11) is -3.61. The first-order valence-electron chi connectivity index (χ1n) is 8.65. The third-order valence-corrected chi connectivity index (χ3v) is 5.73. The molecule has 7 heteroatoms. The van der Waals surface area contributed by atoms with Gasteiger partial charge in [0.1, 0.15) is 11.3 Å². The lowest BCUT2D eigenvalue weighted by atomic mass is 10.2. The molecular formula is C19H24N4O2S. The lowest BCUT2D eigenvalue weighted by molar-refractivity contribution is 0.510. The number of hydrogen-bond acceptors (Lipinski definition) is 4. The fourth-order valence-electron chi connectivity index (χ4n) is 3.04. The second kappa shape index (κ2) is 7.17. The first kappa shape index (κ1) is 18.5. The lowest BCUT2D eigenvalue weighted by Crippen LogP contribution is -2.26. The molecular weight excluding hydrogens is 348 g/mol. The number of pyridine rings is 1. The highest BCUT2D eigenvalue weighted by Gasteiger charge is 2.19. The molecule has 0 aliphatic heterocycles. The number of rotatable bonds is 6. The van der Waals surface area contributed by atoms with Gasteiger partial charge in [-0.15, -0.1) is 0 Å². The van der Waals surface area contributed by atoms with Gasteiger partial charge in [-0.2, -0.15) is 0 Å². The highest BCUT2D eigenvalue weighted by atomic mass is 32.2. The van der Waals surface area contributed by atoms with Gasteiger partial charge in [0.05, 0.1) is 11.4 Å². The molecule has 0 saturated heterocycles. The lowest BCUT2D eigenvalue weighted by Gasteiger charge is -2.13. The quantitative estimate of drug-likeness (QED) is 0.721. The van der Waals surface area contributed by atoms with Crippen LogP contribution in [0, 0.1) is 19.8 Å². The summed E-state index contributed by atoms with van der Waals surface area (Å²) in [6.45, 7) is 8.82. The highest BCUT2D eigenvalue weighted by Crippen LogP contribution is 2.19. The van der Waals surface area contributed by atoms with Gasteiger partial charge >= 0.3 is 0 Å². The Balaban J connectivity index is 1.91. The Labute approximate surface area is 154 Å². The molecule has 2 heterocycles. The van der Waals surface area contributed by atoms with E-state index in [1.165, 1.54) is 0 Å². The van der Waals surface area contributed by atoms with Crippen LogP contribution >= 0.6 is 0 Å². The van der Waals surface area contributed by atoms with Gasteiger partial charge in [-0.1, -0.05) is 31.5 Å². The fraction of sp³-hybridized carbons (Fsp3) is 0.368. The minimum Gasteiger partial charge on any atom is -0.311 e. The number of nitrogens with zero attached hydrogens (tertiary/aromatic N) is 3. The molecule has 0 atom stereocenters. The van der Waals surface area contributed by atoms with Gasteiger partial charge in [-0.25, -0.2) is 23.1 Å². The van der Waals surface area contributed by atoms with E-state index in [1.54, 1.807) is 25.3 Å². The van der Waals surface area contributed by atoms with Crippen molar-refractivity contribution in [3.63, 3.8) is 0 Å². The van der Waals surface area contributed by atoms with Crippen LogP contribution in [0.4, 0.5) is 0 Å². The molecule has 3 rings (SSSR count). The van der Waals surface area contributed by atoms with Gasteiger partial charge in [-0.05, 0) is 43.5 Å². The third-order valence-electron chi connectivity index (χ3n) is 4.17. The Morgan fingerprint density at radius 1 is 1.19 bits per heavy atom. The molecule has 1 aromatic carbocycles. The maximum Gasteiger partial charge on any atom is 0.241 e. The molecule has 0 bridgehead atoms. The largest absolute Gasteiger partial charge is 0.311 e. The summed E-state index contributed by atoms with van der Waals surface area (Å²) in [6, 6.07) is 9.04. The van der Waals surface area contributed by atoms with Gasteiger partial charge in [0.2, 0.25) is 10.0 Å². The summed E-state index contributed by atoms with van der Waals surface area (Å²) in [5.41, 5.74) is 3.32. The van der Waals surface area contributed by atoms with Crippen molar-refractivity contribution in [3.8, 4) is 0 Å². The van der Waals surface area contributed by atoms with Crippen molar-refractivity contribution in [1.82, 2.24) is 19.3 Å². The van der Waals surface area contributed by atoms with Crippen LogP contribution in [0.15, 0.2) is 41.4 Å². The number of benzene rings is 1. The zero-order chi connectivity index (χ0) is 18.9. The molecule has 3 aromatic rings. The topological polar surface area (TPSA) is 76.9 Å². The van der Waals surface area contributed by atoms with E-state index in [9.17, 15) is 8.42 Å². The smallest absolute Gasteiger partial charge is 0.241 e. The Morgan fingerprint density at radius 2 is 1.96 bits per heavy atom. The number of aryl methyl sites for hydroxylation is 2. The van der Waals surface area contributed by atoms with Crippen molar-refractivity contribution < 1.29 is 8.42 Å². The Kier molecular flexibility index (Phi) is 5.11. The van der Waals surface area contributed by atoms with E-state index in [1.807, 2.05) is 29.7 Å². The van der Waals surface area contributed by atoms with Crippen LogP contribution in [0.25, 0.3) is 11.2 Å². The van der Waals surface area contributed by atoms with Crippen LogP contribution in [0.1, 0.15) is 30.8 Å². The fourth-order valence-corrected chi connectivity index (χ4v) is 4.24. The molecule has 0 aliphatic carbocycles. The summed E-state index contributed by atoms with van der Waals surface area (Å²) in [5, 5.41) is 0. The van der Waals surface area contributed by atoms with Crippen LogP contribution in [0.3, 0.4) is 0 Å². The molecule has 0 aliphatic rings. The monoisotopic (exact) mass is 372 g/mol. The molecule has 26 heavy (non-hydrogen) atoms. The molecule has 0 unspecified atom stereocenters. The first-order valence-corrected chi connectivity index (χ1v) is 10.1. The number of hydrogen-bond donors (Lipinski definition) is 1. The number of aromatic nitrogens is 3. The van der Waals surface area contributed by atoms with E-state index in [-0.39, 0.29) is 6.54 Å². The number of nitrogens with one attached hydrogen (secondary N) is 1. The molecule has 0 fully saturated rings. The molecule has 2 aromatic heterocycles. The van der Waals surface area contributed by atoms with E-state index >= 15 is 0 Å². The van der Waals surface area contributed by atoms with E-state index < -0.39 is 10.0 Å². The second-order valence-electron chi connectivity index (χ2n) is 6.97. The van der Waals surface area contributed by atoms with Gasteiger partial charge in [0, 0.05) is 12.7 Å². The summed E-state index contributed by atoms with van der Waals surface area (Å²) >= 11 is 0. The zero-order valence-corrected chi connectivity index (χ0v) is 16.3. The minimum atomic E-state index is -3.61. The first-order chi connectivity index (χ1) is 12.3. The van der Waals surface area contributed by atoms with Crippen molar-refractivity contribution in [1.29, 1.82) is 0 Å². The summed E-state index contributed by atoms with van der Waals surface area (Å²) in [6.07, 6.45) is 1.73. The SMILES string of the molecule is Cc1ccc(S(=O)(=O)NCc2nc3cccnc3n2CC(C)C)c(C)c1. The predicted octanol–water partition coefficient (Wildman–Crippen LogP) is 3.18. The normalized spacial score (nSPS) is 12.2. The standard InChI is InChI=1S/C19H24N4O2S/c1-13(2)12-23-18(22-16-6-5-9-20-19(16)23)11-21-26(24,25)17-8-7-14(3)10-15(17)4/h5-10,13,21H,11-12H2,1-4H3. The minimum absolute atomic E-state index is 0.124. The van der Waals surface area contributed by atoms with Crippen molar-refractivity contribution in [2.45, 2.75) is 45.7 Å². The number of sulfonamides is 1. The van der Waals surface area contributed by atoms with Crippen LogP contribution < -0.4 is 4.72 Å². The molecule has 138 valence electrons. The second-order valence-corrected chi connectivity index (χ2v) is 8.71. The third kappa shape index (κ3) is 3.78. The van der Waals surface area contributed by atoms with E-state index in [4.69, 9.17) is 0 Å². The van der Waals surface area contributed by atoms with E-state index in [2.05, 4.69) is 28.5 Å². The predicted molar refractivity (Wildman–Crippen MR) is 102 cm³/mol. The van der Waals surface area contributed by atoms with Gasteiger partial charge in [0.25, 0.3) is 0 Å². The number of fused-ring (bicyclic) bond motifs is 1. The van der Waals surface area contributed by atoms with Crippen molar-refractivity contribution in [2.75, 3.05) is 0 Å². The van der Waals surface area contributed by atoms with Gasteiger partial charge in [0.15, 0.2) is 5.65 Å². The molecule has 0 saturated carbocycles. The maximum absolute atomic E-state index is 12.7. The molecule has 0 radical (unpaired) electrons. The molecule has 0 amide bonds. The summed E-state index contributed by atoms with van der Waals surface area (Å²) in [4.78, 5) is 9.28.